The molecule has 0 spiro atoms. The van der Waals surface area contributed by atoms with Crippen LogP contribution in [0, 0.1) is 0 Å². The van der Waals surface area contributed by atoms with E-state index in [1.807, 2.05) is 0 Å². The van der Waals surface area contributed by atoms with Gasteiger partial charge in [-0.1, -0.05) is 12.1 Å². The van der Waals surface area contributed by atoms with Crippen molar-refractivity contribution in [2.75, 3.05) is 11.1 Å². The fourth-order valence-corrected chi connectivity index (χ4v) is 2.37. The Kier molecular flexibility index (Phi) is 5.37. The van der Waals surface area contributed by atoms with Crippen molar-refractivity contribution >= 4 is 23.5 Å². The number of thioether (sulfide) groups is 1. The minimum Gasteiger partial charge on any atom is -0.467 e. The third-order valence-electron chi connectivity index (χ3n) is 2.53. The summed E-state index contributed by atoms with van der Waals surface area (Å²) in [4.78, 5) is 12.1. The van der Waals surface area contributed by atoms with Crippen molar-refractivity contribution < 1.29 is 22.4 Å². The average Bonchev–Trinajstić information content (AvgIpc) is 2.97. The van der Waals surface area contributed by atoms with Crippen molar-refractivity contribution in [3.63, 3.8) is 0 Å². The van der Waals surface area contributed by atoms with Crippen LogP contribution in [0.25, 0.3) is 0 Å². The summed E-state index contributed by atoms with van der Waals surface area (Å²) in [5, 5.41) is 5.09. The van der Waals surface area contributed by atoms with E-state index >= 15 is 0 Å². The second-order valence-corrected chi connectivity index (χ2v) is 5.30. The number of alkyl halides is 3. The highest BCUT2D eigenvalue weighted by atomic mass is 32.2. The van der Waals surface area contributed by atoms with Gasteiger partial charge in [0, 0.05) is 4.90 Å². The molecule has 2 aromatic rings. The van der Waals surface area contributed by atoms with Crippen molar-refractivity contribution in [3.05, 3.63) is 48.4 Å². The molecule has 0 saturated carbocycles. The molecule has 0 radical (unpaired) electrons. The predicted molar refractivity (Wildman–Crippen MR) is 77.8 cm³/mol. The van der Waals surface area contributed by atoms with Crippen LogP contribution in [0.4, 0.5) is 23.7 Å². The van der Waals surface area contributed by atoms with Gasteiger partial charge in [-0.2, -0.15) is 13.2 Å². The summed E-state index contributed by atoms with van der Waals surface area (Å²) in [6.45, 7) is 0.191. The number of anilines is 1. The van der Waals surface area contributed by atoms with Gasteiger partial charge in [0.2, 0.25) is 0 Å². The quantitative estimate of drug-likeness (QED) is 0.806. The molecule has 0 unspecified atom stereocenters. The molecule has 2 rings (SSSR count). The van der Waals surface area contributed by atoms with Crippen molar-refractivity contribution in [2.45, 2.75) is 17.6 Å². The Balaban J connectivity index is 1.92. The van der Waals surface area contributed by atoms with Crippen molar-refractivity contribution in [2.24, 2.45) is 0 Å². The van der Waals surface area contributed by atoms with Gasteiger partial charge in [0.1, 0.15) is 5.76 Å². The largest absolute Gasteiger partial charge is 0.467 e. The molecule has 1 aromatic heterocycles. The van der Waals surface area contributed by atoms with Crippen LogP contribution in [0.3, 0.4) is 0 Å². The number of halogens is 3. The number of nitrogens with one attached hydrogen (secondary N) is 2. The lowest BCUT2D eigenvalue weighted by atomic mass is 10.3. The van der Waals surface area contributed by atoms with Crippen LogP contribution >= 0.6 is 11.8 Å². The molecule has 22 heavy (non-hydrogen) atoms. The first-order chi connectivity index (χ1) is 10.4. The Bertz CT molecular complexity index is 615. The number of benzene rings is 1. The van der Waals surface area contributed by atoms with Crippen LogP contribution in [-0.4, -0.2) is 18.0 Å². The number of urea groups is 1. The van der Waals surface area contributed by atoms with Crippen LogP contribution in [0.15, 0.2) is 52.0 Å². The van der Waals surface area contributed by atoms with E-state index in [1.54, 1.807) is 30.3 Å². The minimum atomic E-state index is -4.26. The molecule has 2 N–H and O–H groups in total. The van der Waals surface area contributed by atoms with Crippen LogP contribution in [0.2, 0.25) is 0 Å². The molecule has 0 fully saturated rings. The third kappa shape index (κ3) is 5.36. The SMILES string of the molecule is O=C(NCc1ccco1)Nc1ccccc1SCC(F)(F)F. The number of carbonyl (C=O) groups excluding carboxylic acids is 1. The summed E-state index contributed by atoms with van der Waals surface area (Å²) < 4.78 is 41.9. The Morgan fingerprint density at radius 2 is 1.95 bits per heavy atom. The number of para-hydroxylation sites is 1. The Morgan fingerprint density at radius 1 is 1.18 bits per heavy atom. The smallest absolute Gasteiger partial charge is 0.398 e. The predicted octanol–water partition coefficient (Wildman–Crippen LogP) is 4.26. The summed E-state index contributed by atoms with van der Waals surface area (Å²) in [5.41, 5.74) is 0.327. The fraction of sp³-hybridized carbons (Fsp3) is 0.214. The van der Waals surface area contributed by atoms with E-state index < -0.39 is 18.0 Å². The van der Waals surface area contributed by atoms with Gasteiger partial charge in [0.05, 0.1) is 24.2 Å². The molecule has 0 saturated heterocycles. The molecule has 4 nitrogen and oxygen atoms in total. The number of hydrogen-bond acceptors (Lipinski definition) is 3. The first kappa shape index (κ1) is 16.3. The number of rotatable bonds is 5. The first-order valence-electron chi connectivity index (χ1n) is 6.30. The molecule has 0 aliphatic rings. The van der Waals surface area contributed by atoms with E-state index in [4.69, 9.17) is 4.42 Å². The molecule has 0 bridgehead atoms. The highest BCUT2D eigenvalue weighted by molar-refractivity contribution is 7.99. The van der Waals surface area contributed by atoms with Gasteiger partial charge < -0.3 is 15.1 Å². The van der Waals surface area contributed by atoms with Crippen LogP contribution in [0.5, 0.6) is 0 Å². The van der Waals surface area contributed by atoms with E-state index in [0.717, 1.165) is 0 Å². The Morgan fingerprint density at radius 3 is 2.64 bits per heavy atom. The number of carbonyl (C=O) groups is 1. The molecule has 1 heterocycles. The van der Waals surface area contributed by atoms with Gasteiger partial charge in [-0.3, -0.25) is 0 Å². The summed E-state index contributed by atoms with van der Waals surface area (Å²) in [6.07, 6.45) is -2.78. The zero-order chi connectivity index (χ0) is 16.0. The van der Waals surface area contributed by atoms with Crippen LogP contribution in [-0.2, 0) is 6.54 Å². The third-order valence-corrected chi connectivity index (χ3v) is 3.67. The maximum absolute atomic E-state index is 12.3. The number of amides is 2. The molecule has 0 aliphatic carbocycles. The zero-order valence-electron chi connectivity index (χ0n) is 11.3. The van der Waals surface area contributed by atoms with Crippen molar-refractivity contribution in [1.82, 2.24) is 5.32 Å². The fourth-order valence-electron chi connectivity index (χ4n) is 1.60. The van der Waals surface area contributed by atoms with Crippen LogP contribution < -0.4 is 10.6 Å². The average molecular weight is 330 g/mol. The highest BCUT2D eigenvalue weighted by Crippen LogP contribution is 2.31. The normalized spacial score (nSPS) is 11.2. The molecule has 118 valence electrons. The van der Waals surface area contributed by atoms with E-state index in [9.17, 15) is 18.0 Å². The minimum absolute atomic E-state index is 0.191. The lowest BCUT2D eigenvalue weighted by Crippen LogP contribution is -2.28. The van der Waals surface area contributed by atoms with Crippen molar-refractivity contribution in [1.29, 1.82) is 0 Å². The Hall–Kier alpha value is -2.09. The second-order valence-electron chi connectivity index (χ2n) is 4.29. The molecular formula is C14H13F3N2O2S. The second kappa shape index (κ2) is 7.26. The monoisotopic (exact) mass is 330 g/mol. The van der Waals surface area contributed by atoms with Crippen molar-refractivity contribution in [3.8, 4) is 0 Å². The van der Waals surface area contributed by atoms with Gasteiger partial charge in [-0.25, -0.2) is 4.79 Å². The molecule has 0 aliphatic heterocycles. The van der Waals surface area contributed by atoms with Gasteiger partial charge in [0.15, 0.2) is 0 Å². The van der Waals surface area contributed by atoms with E-state index in [1.165, 1.54) is 12.3 Å². The lowest BCUT2D eigenvalue weighted by molar-refractivity contribution is -0.105. The molecule has 8 heteroatoms. The van der Waals surface area contributed by atoms with Gasteiger partial charge in [0.25, 0.3) is 0 Å². The summed E-state index contributed by atoms with van der Waals surface area (Å²) >= 11 is 0.626. The highest BCUT2D eigenvalue weighted by Gasteiger charge is 2.27. The maximum atomic E-state index is 12.3. The molecule has 0 atom stereocenters. The Labute approximate surface area is 129 Å². The molecule has 1 aromatic carbocycles. The molecular weight excluding hydrogens is 317 g/mol. The first-order valence-corrected chi connectivity index (χ1v) is 7.28. The summed E-state index contributed by atoms with van der Waals surface area (Å²) in [5.74, 6) is -0.436. The number of hydrogen-bond donors (Lipinski definition) is 2. The van der Waals surface area contributed by atoms with Gasteiger partial charge in [-0.15, -0.1) is 11.8 Å². The van der Waals surface area contributed by atoms with Gasteiger partial charge >= 0.3 is 12.2 Å². The topological polar surface area (TPSA) is 54.3 Å². The summed E-state index contributed by atoms with van der Waals surface area (Å²) in [7, 11) is 0. The van der Waals surface area contributed by atoms with E-state index in [2.05, 4.69) is 10.6 Å². The standard InChI is InChI=1S/C14H13F3N2O2S/c15-14(16,17)9-22-12-6-2-1-5-11(12)19-13(20)18-8-10-4-3-7-21-10/h1-7H,8-9H2,(H2,18,19,20). The van der Waals surface area contributed by atoms with E-state index in [-0.39, 0.29) is 6.54 Å². The maximum Gasteiger partial charge on any atom is 0.398 e. The zero-order valence-corrected chi connectivity index (χ0v) is 12.1. The van der Waals surface area contributed by atoms with Gasteiger partial charge in [-0.05, 0) is 24.3 Å². The molecule has 2 amide bonds. The van der Waals surface area contributed by atoms with E-state index in [0.29, 0.717) is 28.1 Å². The lowest BCUT2D eigenvalue weighted by Gasteiger charge is -2.12. The number of furan rings is 1. The summed E-state index contributed by atoms with van der Waals surface area (Å²) in [6, 6.07) is 9.20. The van der Waals surface area contributed by atoms with Crippen LogP contribution in [0.1, 0.15) is 5.76 Å².